The minimum Gasteiger partial charge on any atom is -0.493 e. The van der Waals surface area contributed by atoms with Crippen LogP contribution < -0.4 is 10.1 Å². The molecule has 1 saturated heterocycles. The van der Waals surface area contributed by atoms with E-state index in [-0.39, 0.29) is 23.5 Å². The van der Waals surface area contributed by atoms with E-state index >= 15 is 0 Å². The van der Waals surface area contributed by atoms with E-state index < -0.39 is 9.84 Å². The molecule has 8 heteroatoms. The number of nitrogens with zero attached hydrogens (tertiary/aromatic N) is 1. The number of carbonyl (C=O) groups is 1. The Labute approximate surface area is 139 Å². The summed E-state index contributed by atoms with van der Waals surface area (Å²) in [6.07, 6.45) is 1.33. The molecule has 2 aliphatic rings. The topological polar surface area (TPSA) is 101 Å². The predicted octanol–water partition coefficient (Wildman–Crippen LogP) is 0.928. The number of carbonyl (C=O) groups excluding carboxylic acids is 1. The third-order valence-electron chi connectivity index (χ3n) is 4.38. The Morgan fingerprint density at radius 3 is 3.00 bits per heavy atom. The van der Waals surface area contributed by atoms with Crippen molar-refractivity contribution in [2.45, 2.75) is 18.9 Å². The zero-order chi connectivity index (χ0) is 16.7. The highest BCUT2D eigenvalue weighted by molar-refractivity contribution is 7.91. The average molecular weight is 347 g/mol. The van der Waals surface area contributed by atoms with Gasteiger partial charge >= 0.3 is 0 Å². The highest BCUT2D eigenvalue weighted by Gasteiger charge is 2.29. The van der Waals surface area contributed by atoms with Crippen molar-refractivity contribution in [3.8, 4) is 17.0 Å². The first-order valence-corrected chi connectivity index (χ1v) is 9.65. The Morgan fingerprint density at radius 2 is 2.21 bits per heavy atom. The summed E-state index contributed by atoms with van der Waals surface area (Å²) in [5, 5.41) is 9.66. The van der Waals surface area contributed by atoms with Gasteiger partial charge in [0.15, 0.2) is 9.84 Å². The van der Waals surface area contributed by atoms with Gasteiger partial charge in [0.1, 0.15) is 11.4 Å². The fraction of sp³-hybridized carbons (Fsp3) is 0.375. The number of hydrogen-bond acceptors (Lipinski definition) is 5. The quantitative estimate of drug-likeness (QED) is 0.860. The van der Waals surface area contributed by atoms with Crippen LogP contribution in [0.5, 0.6) is 5.75 Å². The smallest absolute Gasteiger partial charge is 0.269 e. The number of fused-ring (bicyclic) bond motifs is 1. The van der Waals surface area contributed by atoms with Gasteiger partial charge in [-0.25, -0.2) is 8.42 Å². The zero-order valence-corrected chi connectivity index (χ0v) is 13.7. The molecular formula is C16H17N3O4S. The van der Waals surface area contributed by atoms with Crippen molar-refractivity contribution in [3.05, 3.63) is 35.5 Å². The first-order valence-electron chi connectivity index (χ1n) is 7.83. The fourth-order valence-corrected chi connectivity index (χ4v) is 4.78. The van der Waals surface area contributed by atoms with Gasteiger partial charge in [0.05, 0.1) is 23.8 Å². The van der Waals surface area contributed by atoms with E-state index in [1.54, 1.807) is 6.07 Å². The minimum absolute atomic E-state index is 0.00452. The van der Waals surface area contributed by atoms with E-state index in [2.05, 4.69) is 15.5 Å². The van der Waals surface area contributed by atoms with Crippen molar-refractivity contribution in [1.82, 2.24) is 15.5 Å². The Hall–Kier alpha value is -2.35. The molecule has 7 nitrogen and oxygen atoms in total. The molecule has 2 aliphatic heterocycles. The van der Waals surface area contributed by atoms with Crippen molar-refractivity contribution < 1.29 is 17.9 Å². The van der Waals surface area contributed by atoms with Gasteiger partial charge in [0, 0.05) is 18.0 Å². The van der Waals surface area contributed by atoms with Crippen LogP contribution in [-0.4, -0.2) is 48.7 Å². The molecule has 2 N–H and O–H groups in total. The number of sulfone groups is 1. The number of H-pyrrole nitrogens is 1. The van der Waals surface area contributed by atoms with Gasteiger partial charge < -0.3 is 10.1 Å². The van der Waals surface area contributed by atoms with Crippen molar-refractivity contribution in [2.75, 3.05) is 18.1 Å². The van der Waals surface area contributed by atoms with Crippen molar-refractivity contribution in [1.29, 1.82) is 0 Å². The molecule has 1 atom stereocenters. The van der Waals surface area contributed by atoms with E-state index in [1.807, 2.05) is 18.2 Å². The Bertz CT molecular complexity index is 904. The number of benzene rings is 1. The number of amides is 1. The van der Waals surface area contributed by atoms with Crippen LogP contribution in [0.4, 0.5) is 0 Å². The van der Waals surface area contributed by atoms with Gasteiger partial charge in [0.2, 0.25) is 0 Å². The number of ether oxygens (including phenoxy) is 1. The Kier molecular flexibility index (Phi) is 3.56. The number of aromatic amines is 1. The lowest BCUT2D eigenvalue weighted by Crippen LogP contribution is -2.35. The number of rotatable bonds is 3. The van der Waals surface area contributed by atoms with Gasteiger partial charge in [-0.3, -0.25) is 9.89 Å². The highest BCUT2D eigenvalue weighted by atomic mass is 32.2. The molecule has 3 heterocycles. The molecule has 1 amide bonds. The second-order valence-electron chi connectivity index (χ2n) is 6.16. The third kappa shape index (κ3) is 2.89. The van der Waals surface area contributed by atoms with E-state index in [0.29, 0.717) is 24.4 Å². The van der Waals surface area contributed by atoms with Crippen LogP contribution in [0, 0.1) is 0 Å². The molecule has 1 fully saturated rings. The van der Waals surface area contributed by atoms with Gasteiger partial charge in [-0.05, 0) is 36.2 Å². The Morgan fingerprint density at radius 1 is 1.33 bits per heavy atom. The molecule has 1 aromatic heterocycles. The standard InChI is InChI=1S/C16H17N3O4S/c20-16(17-12-4-6-24(21,22)9-12)14-8-13(18-19-14)10-1-2-15-11(7-10)3-5-23-15/h1-2,7-8,12H,3-6,9H2,(H,17,20)(H,18,19). The molecule has 4 rings (SSSR count). The fourth-order valence-electron chi connectivity index (χ4n) is 3.10. The molecule has 0 spiro atoms. The lowest BCUT2D eigenvalue weighted by atomic mass is 10.1. The zero-order valence-electron chi connectivity index (χ0n) is 12.9. The summed E-state index contributed by atoms with van der Waals surface area (Å²) in [6.45, 7) is 0.692. The minimum atomic E-state index is -3.02. The molecule has 0 radical (unpaired) electrons. The van der Waals surface area contributed by atoms with Crippen LogP contribution in [0.25, 0.3) is 11.3 Å². The molecule has 2 aromatic rings. The molecule has 1 aromatic carbocycles. The van der Waals surface area contributed by atoms with Gasteiger partial charge in [-0.1, -0.05) is 0 Å². The van der Waals surface area contributed by atoms with Gasteiger partial charge in [-0.15, -0.1) is 0 Å². The van der Waals surface area contributed by atoms with Crippen LogP contribution in [0.3, 0.4) is 0 Å². The van der Waals surface area contributed by atoms with Crippen LogP contribution in [0.2, 0.25) is 0 Å². The normalized spacial score (nSPS) is 21.2. The second kappa shape index (κ2) is 5.62. The molecule has 1 unspecified atom stereocenters. The van der Waals surface area contributed by atoms with E-state index in [9.17, 15) is 13.2 Å². The summed E-state index contributed by atoms with van der Waals surface area (Å²) < 4.78 is 28.4. The van der Waals surface area contributed by atoms with Crippen LogP contribution >= 0.6 is 0 Å². The van der Waals surface area contributed by atoms with E-state index in [4.69, 9.17) is 4.74 Å². The summed E-state index contributed by atoms with van der Waals surface area (Å²) in [5.74, 6) is 0.698. The summed E-state index contributed by atoms with van der Waals surface area (Å²) in [7, 11) is -3.02. The third-order valence-corrected chi connectivity index (χ3v) is 6.14. The number of aromatic nitrogens is 2. The average Bonchev–Trinajstić information content (AvgIpc) is 3.25. The largest absolute Gasteiger partial charge is 0.493 e. The van der Waals surface area contributed by atoms with E-state index in [1.165, 1.54) is 0 Å². The molecule has 0 saturated carbocycles. The summed E-state index contributed by atoms with van der Waals surface area (Å²) in [5.41, 5.74) is 3.05. The van der Waals surface area contributed by atoms with Crippen LogP contribution in [-0.2, 0) is 16.3 Å². The first kappa shape index (κ1) is 15.2. The summed E-state index contributed by atoms with van der Waals surface area (Å²) >= 11 is 0. The molecule has 0 bridgehead atoms. The number of hydrogen-bond donors (Lipinski definition) is 2. The maximum Gasteiger partial charge on any atom is 0.269 e. The second-order valence-corrected chi connectivity index (χ2v) is 8.39. The lowest BCUT2D eigenvalue weighted by molar-refractivity contribution is 0.0936. The monoisotopic (exact) mass is 347 g/mol. The molecular weight excluding hydrogens is 330 g/mol. The number of nitrogens with one attached hydrogen (secondary N) is 2. The molecule has 126 valence electrons. The SMILES string of the molecule is O=C(NC1CCS(=O)(=O)C1)c1cc(-c2ccc3c(c2)CCO3)n[nH]1. The van der Waals surface area contributed by atoms with Crippen molar-refractivity contribution in [2.24, 2.45) is 0 Å². The summed E-state index contributed by atoms with van der Waals surface area (Å²) in [4.78, 5) is 12.2. The van der Waals surface area contributed by atoms with E-state index in [0.717, 1.165) is 23.3 Å². The predicted molar refractivity (Wildman–Crippen MR) is 87.7 cm³/mol. The highest BCUT2D eigenvalue weighted by Crippen LogP contribution is 2.29. The van der Waals surface area contributed by atoms with Crippen molar-refractivity contribution >= 4 is 15.7 Å². The van der Waals surface area contributed by atoms with Gasteiger partial charge in [-0.2, -0.15) is 5.10 Å². The maximum atomic E-state index is 12.2. The Balaban J connectivity index is 1.49. The van der Waals surface area contributed by atoms with Crippen LogP contribution in [0.1, 0.15) is 22.5 Å². The molecule has 0 aliphatic carbocycles. The summed E-state index contributed by atoms with van der Waals surface area (Å²) in [6, 6.07) is 7.19. The van der Waals surface area contributed by atoms with Gasteiger partial charge in [0.25, 0.3) is 5.91 Å². The maximum absolute atomic E-state index is 12.2. The van der Waals surface area contributed by atoms with Crippen molar-refractivity contribution in [3.63, 3.8) is 0 Å². The lowest BCUT2D eigenvalue weighted by Gasteiger charge is -2.08. The van der Waals surface area contributed by atoms with Crippen LogP contribution in [0.15, 0.2) is 24.3 Å². The molecule has 24 heavy (non-hydrogen) atoms. The first-order chi connectivity index (χ1) is 11.5.